The minimum Gasteiger partial charge on any atom is -0.368 e. The summed E-state index contributed by atoms with van der Waals surface area (Å²) in [6, 6.07) is 17.1. The average Bonchev–Trinajstić information content (AvgIpc) is 3.13. The molecule has 0 bridgehead atoms. The van der Waals surface area contributed by atoms with Gasteiger partial charge in [-0.15, -0.1) is 11.3 Å². The van der Waals surface area contributed by atoms with Crippen molar-refractivity contribution in [1.29, 1.82) is 0 Å². The first kappa shape index (κ1) is 18.1. The highest BCUT2D eigenvalue weighted by atomic mass is 32.2. The summed E-state index contributed by atoms with van der Waals surface area (Å²) < 4.78 is 23.4. The van der Waals surface area contributed by atoms with E-state index in [4.69, 9.17) is 0 Å². The molecule has 1 aromatic heterocycles. The first-order valence-electron chi connectivity index (χ1n) is 7.69. The van der Waals surface area contributed by atoms with Crippen LogP contribution in [0.2, 0.25) is 0 Å². The Hall–Kier alpha value is -2.71. The number of hydrogen-bond acceptors (Lipinski definition) is 6. The monoisotopic (exact) mass is 388 g/mol. The molecule has 6 nitrogen and oxygen atoms in total. The van der Waals surface area contributed by atoms with E-state index in [9.17, 15) is 18.5 Å². The van der Waals surface area contributed by atoms with Gasteiger partial charge in [0.2, 0.25) is 0 Å². The number of nitrogens with one attached hydrogen (secondary N) is 1. The summed E-state index contributed by atoms with van der Waals surface area (Å²) in [6.45, 7) is 0. The third-order valence-corrected chi connectivity index (χ3v) is 5.90. The molecule has 1 heterocycles. The van der Waals surface area contributed by atoms with Crippen LogP contribution in [0, 0.1) is 10.1 Å². The van der Waals surface area contributed by atoms with E-state index in [0.29, 0.717) is 0 Å². The summed E-state index contributed by atoms with van der Waals surface area (Å²) in [5.41, 5.74) is 0.950. The van der Waals surface area contributed by atoms with Crippen LogP contribution in [0.15, 0.2) is 70.9 Å². The van der Waals surface area contributed by atoms with Gasteiger partial charge in [-0.25, -0.2) is 8.42 Å². The summed E-state index contributed by atoms with van der Waals surface area (Å²) in [5.74, 6) is 0. The lowest BCUT2D eigenvalue weighted by Gasteiger charge is -2.19. The quantitative estimate of drug-likeness (QED) is 0.503. The molecule has 0 aliphatic rings. The topological polar surface area (TPSA) is 89.3 Å². The molecule has 0 aliphatic heterocycles. The van der Waals surface area contributed by atoms with Crippen LogP contribution in [-0.2, 0) is 9.84 Å². The zero-order valence-electron chi connectivity index (χ0n) is 13.8. The van der Waals surface area contributed by atoms with Gasteiger partial charge in [-0.3, -0.25) is 10.1 Å². The fraction of sp³-hybridized carbons (Fsp3) is 0.111. The summed E-state index contributed by atoms with van der Waals surface area (Å²) in [7, 11) is -3.53. The number of sulfone groups is 1. The maximum absolute atomic E-state index is 11.7. The number of nitro benzene ring substituents is 1. The fourth-order valence-electron chi connectivity index (χ4n) is 2.59. The SMILES string of the molecule is CS(=O)(=O)c1ccc(N[C@@H](c2ccccc2)c2cccs2)c([N+](=O)[O-])c1. The molecule has 0 saturated carbocycles. The van der Waals surface area contributed by atoms with Crippen LogP contribution < -0.4 is 5.32 Å². The van der Waals surface area contributed by atoms with E-state index in [1.807, 2.05) is 47.8 Å². The van der Waals surface area contributed by atoms with Crippen LogP contribution in [0.5, 0.6) is 0 Å². The lowest BCUT2D eigenvalue weighted by atomic mass is 10.0. The van der Waals surface area contributed by atoms with Crippen LogP contribution in [0.4, 0.5) is 11.4 Å². The molecule has 2 aromatic carbocycles. The van der Waals surface area contributed by atoms with E-state index in [1.54, 1.807) is 0 Å². The molecule has 3 rings (SSSR count). The molecule has 134 valence electrons. The average molecular weight is 388 g/mol. The largest absolute Gasteiger partial charge is 0.368 e. The van der Waals surface area contributed by atoms with Gasteiger partial charge in [-0.05, 0) is 29.1 Å². The minimum atomic E-state index is -3.53. The molecule has 1 N–H and O–H groups in total. The first-order chi connectivity index (χ1) is 12.4. The van der Waals surface area contributed by atoms with Crippen molar-refractivity contribution in [2.24, 2.45) is 0 Å². The second-order valence-corrected chi connectivity index (χ2v) is 8.71. The van der Waals surface area contributed by atoms with Gasteiger partial charge in [0.05, 0.1) is 15.9 Å². The van der Waals surface area contributed by atoms with Crippen molar-refractivity contribution >= 4 is 32.5 Å². The minimum absolute atomic E-state index is 0.0814. The molecule has 0 fully saturated rings. The van der Waals surface area contributed by atoms with Gasteiger partial charge in [0.25, 0.3) is 5.69 Å². The molecule has 0 spiro atoms. The van der Waals surface area contributed by atoms with Crippen LogP contribution in [0.3, 0.4) is 0 Å². The van der Waals surface area contributed by atoms with Crippen LogP contribution in [0.1, 0.15) is 16.5 Å². The van der Waals surface area contributed by atoms with E-state index < -0.39 is 14.8 Å². The molecular weight excluding hydrogens is 372 g/mol. The first-order valence-corrected chi connectivity index (χ1v) is 10.5. The predicted octanol–water partition coefficient (Wildman–Crippen LogP) is 4.26. The Balaban J connectivity index is 2.06. The van der Waals surface area contributed by atoms with Gasteiger partial charge in [0.15, 0.2) is 9.84 Å². The highest BCUT2D eigenvalue weighted by Gasteiger charge is 2.22. The maximum Gasteiger partial charge on any atom is 0.293 e. The molecule has 0 aliphatic carbocycles. The molecule has 0 radical (unpaired) electrons. The van der Waals surface area contributed by atoms with E-state index in [2.05, 4.69) is 5.32 Å². The Morgan fingerprint density at radius 2 is 1.81 bits per heavy atom. The molecule has 8 heteroatoms. The molecule has 0 unspecified atom stereocenters. The number of benzene rings is 2. The van der Waals surface area contributed by atoms with Crippen molar-refractivity contribution in [2.75, 3.05) is 11.6 Å². The van der Waals surface area contributed by atoms with Gasteiger partial charge in [-0.2, -0.15) is 0 Å². The number of nitro groups is 1. The molecule has 26 heavy (non-hydrogen) atoms. The van der Waals surface area contributed by atoms with Gasteiger partial charge >= 0.3 is 0 Å². The van der Waals surface area contributed by atoms with Crippen LogP contribution in [0.25, 0.3) is 0 Å². The zero-order chi connectivity index (χ0) is 18.7. The number of rotatable bonds is 6. The third-order valence-electron chi connectivity index (χ3n) is 3.85. The highest BCUT2D eigenvalue weighted by molar-refractivity contribution is 7.90. The summed E-state index contributed by atoms with van der Waals surface area (Å²) in [6.07, 6.45) is 1.03. The lowest BCUT2D eigenvalue weighted by molar-refractivity contribution is -0.384. The number of anilines is 1. The Kier molecular flexibility index (Phi) is 5.06. The van der Waals surface area contributed by atoms with Gasteiger partial charge in [0, 0.05) is 17.2 Å². The fourth-order valence-corrected chi connectivity index (χ4v) is 4.03. The van der Waals surface area contributed by atoms with Gasteiger partial charge in [-0.1, -0.05) is 36.4 Å². The smallest absolute Gasteiger partial charge is 0.293 e. The molecule has 3 aromatic rings. The second kappa shape index (κ2) is 7.27. The normalized spacial score (nSPS) is 12.5. The van der Waals surface area contributed by atoms with Crippen molar-refractivity contribution in [1.82, 2.24) is 0 Å². The Morgan fingerprint density at radius 3 is 2.38 bits per heavy atom. The number of thiophene rings is 1. The summed E-state index contributed by atoms with van der Waals surface area (Å²) in [4.78, 5) is 11.8. The predicted molar refractivity (Wildman–Crippen MR) is 102 cm³/mol. The van der Waals surface area contributed by atoms with Crippen LogP contribution in [-0.4, -0.2) is 19.6 Å². The third kappa shape index (κ3) is 3.92. The molecule has 1 atom stereocenters. The highest BCUT2D eigenvalue weighted by Crippen LogP contribution is 2.34. The zero-order valence-corrected chi connectivity index (χ0v) is 15.5. The van der Waals surface area contributed by atoms with Gasteiger partial charge in [0.1, 0.15) is 5.69 Å². The van der Waals surface area contributed by atoms with Crippen molar-refractivity contribution in [3.05, 3.63) is 86.6 Å². The van der Waals surface area contributed by atoms with Crippen molar-refractivity contribution in [2.45, 2.75) is 10.9 Å². The standard InChI is InChI=1S/C18H16N2O4S2/c1-26(23,24)14-9-10-15(16(12-14)20(21)22)19-18(17-8-5-11-25-17)13-6-3-2-4-7-13/h2-12,18-19H,1H3/t18-/m0/s1. The molecule has 0 amide bonds. The molecule has 0 saturated heterocycles. The summed E-state index contributed by atoms with van der Waals surface area (Å²) >= 11 is 1.54. The number of nitrogens with zero attached hydrogens (tertiary/aromatic N) is 1. The lowest BCUT2D eigenvalue weighted by Crippen LogP contribution is -2.12. The Labute approximate surface area is 155 Å². The Morgan fingerprint density at radius 1 is 1.08 bits per heavy atom. The van der Waals surface area contributed by atoms with E-state index >= 15 is 0 Å². The van der Waals surface area contributed by atoms with Crippen LogP contribution >= 0.6 is 11.3 Å². The van der Waals surface area contributed by atoms with Crippen molar-refractivity contribution in [3.63, 3.8) is 0 Å². The van der Waals surface area contributed by atoms with E-state index in [-0.39, 0.29) is 22.3 Å². The molecular formula is C18H16N2O4S2. The van der Waals surface area contributed by atoms with E-state index in [1.165, 1.54) is 23.5 Å². The summed E-state index contributed by atoms with van der Waals surface area (Å²) in [5, 5.41) is 16.6. The maximum atomic E-state index is 11.7. The van der Waals surface area contributed by atoms with E-state index in [0.717, 1.165) is 22.8 Å². The Bertz CT molecular complexity index is 1020. The van der Waals surface area contributed by atoms with Gasteiger partial charge < -0.3 is 5.32 Å². The number of hydrogen-bond donors (Lipinski definition) is 1. The van der Waals surface area contributed by atoms with Crippen molar-refractivity contribution < 1.29 is 13.3 Å². The van der Waals surface area contributed by atoms with Crippen molar-refractivity contribution in [3.8, 4) is 0 Å². The second-order valence-electron chi connectivity index (χ2n) is 5.71.